The van der Waals surface area contributed by atoms with Gasteiger partial charge in [-0.25, -0.2) is 0 Å². The number of aryl methyl sites for hydroxylation is 1. The Morgan fingerprint density at radius 2 is 1.55 bits per heavy atom. The molecule has 3 atom stereocenters. The molecule has 1 aromatic heterocycles. The lowest BCUT2D eigenvalue weighted by atomic mass is 9.85. The first-order valence-corrected chi connectivity index (χ1v) is 12.5. The van der Waals surface area contributed by atoms with Crippen LogP contribution in [-0.4, -0.2) is 57.7 Å². The van der Waals surface area contributed by atoms with Crippen LogP contribution in [0.15, 0.2) is 36.4 Å². The Kier molecular flexibility index (Phi) is 10.3. The summed E-state index contributed by atoms with van der Waals surface area (Å²) in [5.41, 5.74) is 0.982. The maximum Gasteiger partial charge on any atom is 0.289 e. The number of H-pyrrole nitrogens is 1. The summed E-state index contributed by atoms with van der Waals surface area (Å²) in [6.07, 6.45) is 0. The van der Waals surface area contributed by atoms with Crippen LogP contribution in [0.3, 0.4) is 0 Å². The van der Waals surface area contributed by atoms with E-state index >= 15 is 0 Å². The van der Waals surface area contributed by atoms with Gasteiger partial charge in [0.05, 0.1) is 11.7 Å². The third kappa shape index (κ3) is 8.53. The summed E-state index contributed by atoms with van der Waals surface area (Å²) in [5.74, 6) is -3.69. The number of hydrogen-bond acceptors (Lipinski definition) is 6. The molecule has 0 fully saturated rings. The minimum absolute atomic E-state index is 0.175. The molecule has 2 rings (SSSR count). The number of rotatable bonds is 11. The van der Waals surface area contributed by atoms with Gasteiger partial charge in [0.15, 0.2) is 0 Å². The monoisotopic (exact) mass is 526 g/mol. The number of Topliss-reactive ketones (excluding diaryl/α,β-unsaturated/α-hetero) is 1. The van der Waals surface area contributed by atoms with Gasteiger partial charge in [-0.2, -0.15) is 5.10 Å². The fourth-order valence-electron chi connectivity index (χ4n) is 3.60. The molecule has 0 unspecified atom stereocenters. The fraction of sp³-hybridized carbons (Fsp3) is 0.481. The molecular weight excluding hydrogens is 488 g/mol. The summed E-state index contributed by atoms with van der Waals surface area (Å²) < 4.78 is 0. The molecule has 1 aromatic carbocycles. The highest BCUT2D eigenvalue weighted by molar-refractivity contribution is 6.38. The summed E-state index contributed by atoms with van der Waals surface area (Å²) in [6.45, 7) is 12.1. The van der Waals surface area contributed by atoms with Crippen molar-refractivity contribution in [1.29, 1.82) is 0 Å². The molecule has 11 heteroatoms. The summed E-state index contributed by atoms with van der Waals surface area (Å²) in [4.78, 5) is 63.9. The predicted octanol–water partition coefficient (Wildman–Crippen LogP) is 1.39. The topological polar surface area (TPSA) is 162 Å². The van der Waals surface area contributed by atoms with Crippen LogP contribution in [-0.2, 0) is 25.7 Å². The Hall–Kier alpha value is -4.02. The normalized spacial score (nSPS) is 13.7. The maximum absolute atomic E-state index is 13.1. The van der Waals surface area contributed by atoms with E-state index in [9.17, 15) is 24.0 Å². The van der Waals surface area contributed by atoms with Crippen LogP contribution in [0, 0.1) is 18.3 Å². The van der Waals surface area contributed by atoms with E-state index in [4.69, 9.17) is 0 Å². The lowest BCUT2D eigenvalue weighted by Gasteiger charge is -2.31. The molecule has 0 saturated heterocycles. The molecule has 38 heavy (non-hydrogen) atoms. The van der Waals surface area contributed by atoms with Gasteiger partial charge in [-0.1, -0.05) is 65.0 Å². The van der Waals surface area contributed by atoms with E-state index in [2.05, 4.69) is 31.5 Å². The van der Waals surface area contributed by atoms with Gasteiger partial charge >= 0.3 is 0 Å². The van der Waals surface area contributed by atoms with Gasteiger partial charge in [-0.05, 0) is 36.8 Å². The predicted molar refractivity (Wildman–Crippen MR) is 142 cm³/mol. The molecule has 0 aliphatic heterocycles. The number of nitrogens with one attached hydrogen (secondary N) is 5. The number of benzene rings is 1. The van der Waals surface area contributed by atoms with Gasteiger partial charge in [0.2, 0.25) is 17.6 Å². The van der Waals surface area contributed by atoms with E-state index in [1.54, 1.807) is 47.6 Å². The molecule has 5 N–H and O–H groups in total. The van der Waals surface area contributed by atoms with Crippen LogP contribution in [0.25, 0.3) is 0 Å². The maximum atomic E-state index is 13.1. The largest absolute Gasteiger partial charge is 0.345 e. The van der Waals surface area contributed by atoms with E-state index in [0.29, 0.717) is 5.69 Å². The first-order chi connectivity index (χ1) is 17.7. The fourth-order valence-corrected chi connectivity index (χ4v) is 3.60. The first-order valence-electron chi connectivity index (χ1n) is 12.5. The molecule has 206 valence electrons. The van der Waals surface area contributed by atoms with Crippen molar-refractivity contribution in [1.82, 2.24) is 31.5 Å². The highest BCUT2D eigenvalue weighted by Gasteiger charge is 2.36. The highest BCUT2D eigenvalue weighted by atomic mass is 16.2. The Labute approximate surface area is 222 Å². The van der Waals surface area contributed by atoms with Crippen molar-refractivity contribution in [3.8, 4) is 0 Å². The van der Waals surface area contributed by atoms with Crippen molar-refractivity contribution in [3.63, 3.8) is 0 Å². The standard InChI is InChI=1S/C27H38N6O5/c1-15(2)20(21(34)25(37)28-14-18-11-9-8-10-12-18)30-23(35)17(4)29-26(38)22(27(5,6)7)31-24(36)19-13-16(3)32-33-19/h8-13,15,17,20,22H,14H2,1-7H3,(H,28,37)(H,29,38)(H,30,35)(H,31,36)(H,32,33)/t17-,20-,22+/m0/s1. The summed E-state index contributed by atoms with van der Waals surface area (Å²) in [6, 6.07) is 7.59. The van der Waals surface area contributed by atoms with Gasteiger partial charge in [0.1, 0.15) is 17.8 Å². The molecule has 0 bridgehead atoms. The summed E-state index contributed by atoms with van der Waals surface area (Å²) >= 11 is 0. The number of carbonyl (C=O) groups excluding carboxylic acids is 5. The zero-order chi connectivity index (χ0) is 28.6. The van der Waals surface area contributed by atoms with Crippen molar-refractivity contribution >= 4 is 29.4 Å². The summed E-state index contributed by atoms with van der Waals surface area (Å²) in [7, 11) is 0. The second-order valence-corrected chi connectivity index (χ2v) is 10.7. The zero-order valence-electron chi connectivity index (χ0n) is 23.0. The van der Waals surface area contributed by atoms with E-state index in [1.807, 2.05) is 30.3 Å². The number of aromatic amines is 1. The third-order valence-corrected chi connectivity index (χ3v) is 5.87. The van der Waals surface area contributed by atoms with E-state index in [0.717, 1.165) is 5.56 Å². The van der Waals surface area contributed by atoms with Crippen LogP contribution in [0.2, 0.25) is 0 Å². The van der Waals surface area contributed by atoms with Gasteiger partial charge in [0, 0.05) is 6.54 Å². The lowest BCUT2D eigenvalue weighted by molar-refractivity contribution is -0.141. The Morgan fingerprint density at radius 3 is 2.08 bits per heavy atom. The molecule has 0 aliphatic carbocycles. The molecule has 0 saturated carbocycles. The highest BCUT2D eigenvalue weighted by Crippen LogP contribution is 2.20. The lowest BCUT2D eigenvalue weighted by Crippen LogP contribution is -2.59. The van der Waals surface area contributed by atoms with E-state index in [1.165, 1.54) is 6.92 Å². The second-order valence-electron chi connectivity index (χ2n) is 10.7. The minimum atomic E-state index is -1.08. The van der Waals surface area contributed by atoms with Crippen molar-refractivity contribution in [2.24, 2.45) is 11.3 Å². The van der Waals surface area contributed by atoms with E-state index in [-0.39, 0.29) is 18.2 Å². The zero-order valence-corrected chi connectivity index (χ0v) is 23.0. The summed E-state index contributed by atoms with van der Waals surface area (Å²) in [5, 5.41) is 17.0. The number of nitrogens with zero attached hydrogens (tertiary/aromatic N) is 1. The van der Waals surface area contributed by atoms with Crippen molar-refractivity contribution in [3.05, 3.63) is 53.3 Å². The van der Waals surface area contributed by atoms with Crippen molar-refractivity contribution in [2.75, 3.05) is 0 Å². The van der Waals surface area contributed by atoms with Crippen LogP contribution >= 0.6 is 0 Å². The van der Waals surface area contributed by atoms with Gasteiger partial charge in [-0.3, -0.25) is 29.1 Å². The minimum Gasteiger partial charge on any atom is -0.345 e. The molecule has 0 radical (unpaired) electrons. The Bertz CT molecular complexity index is 1150. The molecule has 1 heterocycles. The SMILES string of the molecule is Cc1cc(C(=O)N[C@H](C(=O)N[C@@H](C)C(=O)N[C@H](C(=O)C(=O)NCc2ccccc2)C(C)C)C(C)(C)C)[nH]n1. The smallest absolute Gasteiger partial charge is 0.289 e. The molecule has 0 spiro atoms. The molecule has 4 amide bonds. The van der Waals surface area contributed by atoms with Crippen LogP contribution in [0.4, 0.5) is 0 Å². The van der Waals surface area contributed by atoms with Crippen molar-refractivity contribution in [2.45, 2.75) is 73.1 Å². The number of hydrogen-bond donors (Lipinski definition) is 5. The molecule has 0 aliphatic rings. The van der Waals surface area contributed by atoms with Gasteiger partial charge in [-0.15, -0.1) is 0 Å². The number of amides is 4. The van der Waals surface area contributed by atoms with E-state index < -0.39 is 53.0 Å². The van der Waals surface area contributed by atoms with Gasteiger partial charge < -0.3 is 21.3 Å². The van der Waals surface area contributed by atoms with Crippen LogP contribution < -0.4 is 21.3 Å². The number of aromatic nitrogens is 2. The average Bonchev–Trinajstić information content (AvgIpc) is 3.29. The van der Waals surface area contributed by atoms with Crippen LogP contribution in [0.5, 0.6) is 0 Å². The number of ketones is 1. The average molecular weight is 527 g/mol. The van der Waals surface area contributed by atoms with Gasteiger partial charge in [0.25, 0.3) is 11.8 Å². The quantitative estimate of drug-likeness (QED) is 0.278. The molecular formula is C27H38N6O5. The molecule has 2 aromatic rings. The van der Waals surface area contributed by atoms with Crippen LogP contribution in [0.1, 0.15) is 63.3 Å². The number of carbonyl (C=O) groups is 5. The Morgan fingerprint density at radius 1 is 0.921 bits per heavy atom. The second kappa shape index (κ2) is 13.0. The first kappa shape index (κ1) is 30.2. The van der Waals surface area contributed by atoms with Crippen molar-refractivity contribution < 1.29 is 24.0 Å². The Balaban J connectivity index is 2.02. The molecule has 11 nitrogen and oxygen atoms in total. The third-order valence-electron chi connectivity index (χ3n) is 5.87.